The summed E-state index contributed by atoms with van der Waals surface area (Å²) in [7, 11) is 3.00. The second-order valence-corrected chi connectivity index (χ2v) is 12.7. The summed E-state index contributed by atoms with van der Waals surface area (Å²) in [4.78, 5) is 27.3. The SMILES string of the molecule is CO[C@H]1/C=C/C=C(/C)C(=O)NC2=CC(O)C(NCCN3CCCC3)=C(C[C@@H](C)C[C@H](OC)[C@H](O)[C@@H](C)/C=C(\C)[C@@H]1OC(N)=O)C2O. The zero-order valence-corrected chi connectivity index (χ0v) is 28.1. The number of ether oxygens (including phenoxy) is 3. The van der Waals surface area contributed by atoms with Gasteiger partial charge in [-0.15, -0.1) is 0 Å². The number of hydrogen-bond donors (Lipinski definition) is 6. The average molecular weight is 647 g/mol. The highest BCUT2D eigenvalue weighted by Crippen LogP contribution is 2.31. The molecule has 2 bridgehead atoms. The van der Waals surface area contributed by atoms with Crippen molar-refractivity contribution in [3.63, 3.8) is 0 Å². The number of amides is 2. The highest BCUT2D eigenvalue weighted by molar-refractivity contribution is 5.94. The van der Waals surface area contributed by atoms with Crippen LogP contribution in [0.25, 0.3) is 0 Å². The predicted molar refractivity (Wildman–Crippen MR) is 175 cm³/mol. The van der Waals surface area contributed by atoms with Gasteiger partial charge in [0.2, 0.25) is 0 Å². The standard InChI is InChI=1S/C34H54N4O8/c1-20-16-24-29(36-12-15-38-13-7-8-14-38)26(39)19-25(31(24)41)37-33(42)21(2)10-9-11-27(44-5)32(46-34(35)43)23(4)18-22(3)30(40)28(17-20)45-6/h9-11,18-20,22,26-28,30-32,36,39-41H,7-8,12-17H2,1-6H3,(H2,35,43)(H,37,42)/b11-9+,21-10-,23-18+/t20-,22+,26?,27+,28+,30-,31?,32+/m1/s1. The van der Waals surface area contributed by atoms with E-state index in [-0.39, 0.29) is 11.6 Å². The number of primary amides is 1. The number of rotatable bonds is 7. The molecule has 2 aliphatic heterocycles. The first-order valence-corrected chi connectivity index (χ1v) is 16.2. The normalized spacial score (nSPS) is 35.3. The number of nitrogens with two attached hydrogens (primary N) is 1. The van der Waals surface area contributed by atoms with Crippen molar-refractivity contribution in [2.24, 2.45) is 17.6 Å². The van der Waals surface area contributed by atoms with Gasteiger partial charge in [-0.1, -0.05) is 38.2 Å². The van der Waals surface area contributed by atoms with Crippen molar-refractivity contribution in [1.82, 2.24) is 15.5 Å². The summed E-state index contributed by atoms with van der Waals surface area (Å²) in [5.74, 6) is -0.942. The van der Waals surface area contributed by atoms with E-state index in [9.17, 15) is 24.9 Å². The molecule has 3 aliphatic rings. The van der Waals surface area contributed by atoms with Crippen LogP contribution in [0.1, 0.15) is 53.4 Å². The summed E-state index contributed by atoms with van der Waals surface area (Å²) < 4.78 is 16.8. The maximum Gasteiger partial charge on any atom is 0.405 e. The van der Waals surface area contributed by atoms with Gasteiger partial charge in [-0.2, -0.15) is 0 Å². The molecular formula is C34H54N4O8. The van der Waals surface area contributed by atoms with Crippen molar-refractivity contribution in [1.29, 1.82) is 0 Å². The van der Waals surface area contributed by atoms with Crippen molar-refractivity contribution in [2.75, 3.05) is 40.4 Å². The number of likely N-dealkylation sites (tertiary alicyclic amines) is 1. The maximum atomic E-state index is 13.2. The number of nitrogens with one attached hydrogen (secondary N) is 2. The van der Waals surface area contributed by atoms with Crippen molar-refractivity contribution < 1.29 is 39.1 Å². The number of aliphatic hydroxyl groups is 3. The third-order valence-corrected chi connectivity index (χ3v) is 9.02. The summed E-state index contributed by atoms with van der Waals surface area (Å²) in [6.45, 7) is 10.7. The number of nitrogens with zero attached hydrogens (tertiary/aromatic N) is 1. The second kappa shape index (κ2) is 17.8. The number of allylic oxidation sites excluding steroid dienone is 2. The number of hydrogen-bond acceptors (Lipinski definition) is 10. The molecule has 0 aromatic heterocycles. The molecule has 0 aromatic rings. The number of carbonyl (C=O) groups is 2. The number of aliphatic hydroxyl groups excluding tert-OH is 3. The van der Waals surface area contributed by atoms with Crippen molar-refractivity contribution in [2.45, 2.75) is 90.0 Å². The first-order valence-electron chi connectivity index (χ1n) is 16.2. The van der Waals surface area contributed by atoms with Crippen LogP contribution in [0.5, 0.6) is 0 Å². The van der Waals surface area contributed by atoms with Crippen molar-refractivity contribution in [3.05, 3.63) is 58.5 Å². The summed E-state index contributed by atoms with van der Waals surface area (Å²) in [5.41, 5.74) is 7.65. The van der Waals surface area contributed by atoms with E-state index in [2.05, 4.69) is 15.5 Å². The van der Waals surface area contributed by atoms with E-state index in [1.165, 1.54) is 26.0 Å². The molecule has 0 saturated carbocycles. The van der Waals surface area contributed by atoms with Gasteiger partial charge in [0.25, 0.3) is 5.91 Å². The van der Waals surface area contributed by atoms with E-state index in [1.54, 1.807) is 45.3 Å². The van der Waals surface area contributed by atoms with Crippen LogP contribution in [-0.2, 0) is 19.0 Å². The van der Waals surface area contributed by atoms with Gasteiger partial charge < -0.3 is 50.8 Å². The van der Waals surface area contributed by atoms with Gasteiger partial charge in [0, 0.05) is 50.2 Å². The van der Waals surface area contributed by atoms with Crippen LogP contribution in [-0.4, -0.2) is 109 Å². The van der Waals surface area contributed by atoms with E-state index in [0.717, 1.165) is 19.6 Å². The molecule has 2 heterocycles. The zero-order chi connectivity index (χ0) is 34.0. The largest absolute Gasteiger partial charge is 0.439 e. The second-order valence-electron chi connectivity index (χ2n) is 12.7. The van der Waals surface area contributed by atoms with Crippen LogP contribution in [0.15, 0.2) is 58.5 Å². The fourth-order valence-corrected chi connectivity index (χ4v) is 6.41. The molecule has 0 spiro atoms. The smallest absolute Gasteiger partial charge is 0.405 e. The molecule has 0 aromatic carbocycles. The van der Waals surface area contributed by atoms with Crippen LogP contribution in [0.3, 0.4) is 0 Å². The molecule has 7 N–H and O–H groups in total. The third-order valence-electron chi connectivity index (χ3n) is 9.02. The van der Waals surface area contributed by atoms with Gasteiger partial charge in [0.15, 0.2) is 6.10 Å². The van der Waals surface area contributed by atoms with Gasteiger partial charge in [-0.05, 0) is 75.8 Å². The fourth-order valence-electron chi connectivity index (χ4n) is 6.41. The molecule has 12 nitrogen and oxygen atoms in total. The lowest BCUT2D eigenvalue weighted by Gasteiger charge is -2.33. The maximum absolute atomic E-state index is 13.2. The minimum absolute atomic E-state index is 0.0871. The molecular weight excluding hydrogens is 592 g/mol. The Labute approximate surface area is 273 Å². The Morgan fingerprint density at radius 1 is 1.11 bits per heavy atom. The van der Waals surface area contributed by atoms with E-state index < -0.39 is 54.5 Å². The molecule has 46 heavy (non-hydrogen) atoms. The summed E-state index contributed by atoms with van der Waals surface area (Å²) >= 11 is 0. The first kappa shape index (κ1) is 37.5. The Balaban J connectivity index is 2.00. The van der Waals surface area contributed by atoms with Crippen molar-refractivity contribution in [3.8, 4) is 0 Å². The lowest BCUT2D eigenvalue weighted by Crippen LogP contribution is -2.41. The van der Waals surface area contributed by atoms with Gasteiger partial charge >= 0.3 is 6.09 Å². The highest BCUT2D eigenvalue weighted by atomic mass is 16.6. The van der Waals surface area contributed by atoms with Crippen molar-refractivity contribution >= 4 is 12.0 Å². The molecule has 0 radical (unpaired) electrons. The lowest BCUT2D eigenvalue weighted by atomic mass is 9.84. The monoisotopic (exact) mass is 646 g/mol. The van der Waals surface area contributed by atoms with Gasteiger partial charge in [0.05, 0.1) is 12.2 Å². The molecule has 258 valence electrons. The average Bonchev–Trinajstić information content (AvgIpc) is 3.53. The van der Waals surface area contributed by atoms with E-state index >= 15 is 0 Å². The van der Waals surface area contributed by atoms with Crippen LogP contribution >= 0.6 is 0 Å². The molecule has 1 saturated heterocycles. The topological polar surface area (TPSA) is 176 Å². The molecule has 2 amide bonds. The minimum Gasteiger partial charge on any atom is -0.439 e. The highest BCUT2D eigenvalue weighted by Gasteiger charge is 2.33. The summed E-state index contributed by atoms with van der Waals surface area (Å²) in [5, 5.41) is 40.3. The molecule has 8 atom stereocenters. The molecule has 2 unspecified atom stereocenters. The molecule has 12 heteroatoms. The van der Waals surface area contributed by atoms with Crippen LogP contribution in [0.4, 0.5) is 4.79 Å². The number of fused-ring (bicyclic) bond motifs is 2. The van der Waals surface area contributed by atoms with Gasteiger partial charge in [0.1, 0.15) is 18.3 Å². The lowest BCUT2D eigenvalue weighted by molar-refractivity contribution is -0.117. The fraction of sp³-hybridized carbons (Fsp3) is 0.647. The van der Waals surface area contributed by atoms with Crippen LogP contribution in [0, 0.1) is 11.8 Å². The van der Waals surface area contributed by atoms with E-state index in [0.29, 0.717) is 41.8 Å². The Kier molecular flexibility index (Phi) is 14.5. The molecule has 3 rings (SSSR count). The summed E-state index contributed by atoms with van der Waals surface area (Å²) in [6.07, 6.45) is 4.96. The first-order chi connectivity index (χ1) is 21.9. The molecule has 1 fully saturated rings. The minimum atomic E-state index is -1.16. The Morgan fingerprint density at radius 3 is 2.43 bits per heavy atom. The number of methoxy groups -OCH3 is 2. The van der Waals surface area contributed by atoms with Gasteiger partial charge in [-0.3, -0.25) is 4.79 Å². The predicted octanol–water partition coefficient (Wildman–Crippen LogP) is 2.03. The zero-order valence-electron chi connectivity index (χ0n) is 28.1. The Morgan fingerprint density at radius 2 is 1.80 bits per heavy atom. The Bertz CT molecular complexity index is 1210. The molecule has 1 aliphatic carbocycles. The van der Waals surface area contributed by atoms with Crippen LogP contribution < -0.4 is 16.4 Å². The number of carbonyl (C=O) groups excluding carboxylic acids is 2. The van der Waals surface area contributed by atoms with E-state index in [4.69, 9.17) is 19.9 Å². The van der Waals surface area contributed by atoms with Gasteiger partial charge in [-0.25, -0.2) is 4.79 Å². The summed E-state index contributed by atoms with van der Waals surface area (Å²) in [6, 6.07) is 0. The van der Waals surface area contributed by atoms with E-state index in [1.807, 2.05) is 13.8 Å². The Hall–Kier alpha value is -3.00. The third kappa shape index (κ3) is 10.2. The van der Waals surface area contributed by atoms with Crippen LogP contribution in [0.2, 0.25) is 0 Å². The quantitative estimate of drug-likeness (QED) is 0.225.